The second-order valence-corrected chi connectivity index (χ2v) is 20.4. The van der Waals surface area contributed by atoms with Gasteiger partial charge in [-0.25, -0.2) is 0 Å². The minimum Gasteiger partial charge on any atom is -0.492 e. The number of rotatable bonds is 9. The molecule has 4 aromatic rings. The molecule has 0 bridgehead atoms. The lowest BCUT2D eigenvalue weighted by molar-refractivity contribution is -0.120. The van der Waals surface area contributed by atoms with Crippen LogP contribution >= 0.6 is 11.6 Å². The standard InChI is InChI=1S/C31H35ClN4O2.C16H20N2O2.C6H11NO2/c32-25-6-4-7-26-28(25)29(38)33-30-31(12-2-1-3-13-31)24-9-8-22(18-27(24)36(26)30)21-10-15-35(16-11-21)23-19-34(20-23)14-5-17-37;1-17-7-5-16(6-8-17)10-20-14-12-9-18(2)15(19)11(12)3-4-13(14)16;1-7-6(9)4-2-3-5-8/h4,6-9,17-18,21,23H,1-3,5,10-16,19-20H2;3-4H,5-10H2,1-2H3;5H,2-4H2,1H3,(H,7,9). The maximum atomic E-state index is 13.2. The summed E-state index contributed by atoms with van der Waals surface area (Å²) in [7, 11) is 5.62. The normalized spacial score (nSPS) is 20.7. The van der Waals surface area contributed by atoms with Gasteiger partial charge in [-0.2, -0.15) is 4.98 Å². The van der Waals surface area contributed by atoms with Crippen molar-refractivity contribution in [1.82, 2.24) is 34.5 Å². The summed E-state index contributed by atoms with van der Waals surface area (Å²) in [5.74, 6) is 2.58. The number of nitrogens with zero attached hydrogens (tertiary/aromatic N) is 6. The molecule has 67 heavy (non-hydrogen) atoms. The first-order valence-corrected chi connectivity index (χ1v) is 25.0. The number of carbonyl (C=O) groups is 4. The van der Waals surface area contributed by atoms with Crippen LogP contribution < -0.4 is 15.6 Å². The zero-order valence-electron chi connectivity index (χ0n) is 39.5. The molecule has 1 aromatic heterocycles. The van der Waals surface area contributed by atoms with Gasteiger partial charge in [0, 0.05) is 81.1 Å². The number of ether oxygens (including phenoxy) is 1. The summed E-state index contributed by atoms with van der Waals surface area (Å²) in [6.07, 6.45) is 14.4. The molecule has 2 amide bonds. The summed E-state index contributed by atoms with van der Waals surface area (Å²) < 4.78 is 8.34. The Kier molecular flexibility index (Phi) is 14.0. The number of aromatic nitrogens is 2. The average molecular weight is 933 g/mol. The van der Waals surface area contributed by atoms with E-state index in [0.717, 1.165) is 145 Å². The molecule has 3 saturated heterocycles. The van der Waals surface area contributed by atoms with Gasteiger partial charge in [-0.3, -0.25) is 28.8 Å². The molecule has 0 unspecified atom stereocenters. The van der Waals surface area contributed by atoms with Crippen LogP contribution in [0.1, 0.15) is 128 Å². The van der Waals surface area contributed by atoms with Gasteiger partial charge >= 0.3 is 0 Å². The summed E-state index contributed by atoms with van der Waals surface area (Å²) in [5, 5.41) is 3.47. The molecular weight excluding hydrogens is 866 g/mol. The van der Waals surface area contributed by atoms with Crippen LogP contribution in [0.15, 0.2) is 53.3 Å². The van der Waals surface area contributed by atoms with Gasteiger partial charge in [0.25, 0.3) is 11.5 Å². The number of piperidine rings is 2. The first-order valence-electron chi connectivity index (χ1n) is 24.6. The zero-order valence-corrected chi connectivity index (χ0v) is 40.3. The number of nitrogens with one attached hydrogen (secondary N) is 1. The fourth-order valence-corrected chi connectivity index (χ4v) is 12.3. The number of benzene rings is 3. The molecule has 1 aliphatic carbocycles. The molecule has 13 nitrogen and oxygen atoms in total. The quantitative estimate of drug-likeness (QED) is 0.141. The molecule has 1 N–H and O–H groups in total. The van der Waals surface area contributed by atoms with E-state index in [-0.39, 0.29) is 28.2 Å². The molecule has 1 saturated carbocycles. The van der Waals surface area contributed by atoms with Crippen LogP contribution in [0.2, 0.25) is 5.02 Å². The third kappa shape index (κ3) is 8.97. The highest BCUT2D eigenvalue weighted by Gasteiger charge is 2.48. The van der Waals surface area contributed by atoms with Gasteiger partial charge in [0.1, 0.15) is 24.1 Å². The van der Waals surface area contributed by atoms with Crippen LogP contribution in [-0.4, -0.2) is 133 Å². The molecule has 0 atom stereocenters. The number of halogens is 1. The third-order valence-corrected chi connectivity index (χ3v) is 16.4. The molecule has 7 aliphatic rings. The van der Waals surface area contributed by atoms with Crippen LogP contribution in [0.25, 0.3) is 16.6 Å². The number of amides is 2. The highest BCUT2D eigenvalue weighted by molar-refractivity contribution is 6.35. The van der Waals surface area contributed by atoms with E-state index in [1.54, 1.807) is 18.0 Å². The lowest BCUT2D eigenvalue weighted by Crippen LogP contribution is -2.60. The fourth-order valence-electron chi connectivity index (χ4n) is 12.0. The summed E-state index contributed by atoms with van der Waals surface area (Å²) in [6.45, 7) is 9.06. The summed E-state index contributed by atoms with van der Waals surface area (Å²) in [5.41, 5.74) is 7.89. The molecule has 7 heterocycles. The number of unbranched alkanes of at least 4 members (excludes halogenated alkanes) is 1. The first kappa shape index (κ1) is 47.1. The summed E-state index contributed by atoms with van der Waals surface area (Å²) in [4.78, 5) is 70.1. The minimum atomic E-state index is -0.206. The van der Waals surface area contributed by atoms with E-state index < -0.39 is 0 Å². The van der Waals surface area contributed by atoms with E-state index >= 15 is 0 Å². The summed E-state index contributed by atoms with van der Waals surface area (Å²) >= 11 is 6.53. The van der Waals surface area contributed by atoms with Crippen molar-refractivity contribution in [2.75, 3.05) is 73.6 Å². The van der Waals surface area contributed by atoms with Crippen molar-refractivity contribution in [3.05, 3.63) is 97.5 Å². The zero-order chi connectivity index (χ0) is 46.9. The number of hydrogen-bond acceptors (Lipinski definition) is 10. The number of likely N-dealkylation sites (tertiary alicyclic amines) is 3. The highest BCUT2D eigenvalue weighted by Crippen LogP contribution is 2.53. The van der Waals surface area contributed by atoms with Crippen LogP contribution in [0.3, 0.4) is 0 Å². The molecule has 2 spiro atoms. The molecule has 3 aromatic carbocycles. The van der Waals surface area contributed by atoms with Crippen LogP contribution in [0, 0.1) is 0 Å². The molecule has 6 aliphatic heterocycles. The molecule has 356 valence electrons. The monoisotopic (exact) mass is 931 g/mol. The molecular formula is C53H66ClN7O6. The molecule has 4 fully saturated rings. The van der Waals surface area contributed by atoms with Gasteiger partial charge in [0.2, 0.25) is 5.91 Å². The predicted molar refractivity (Wildman–Crippen MR) is 261 cm³/mol. The topological polar surface area (TPSA) is 137 Å². The Labute approximate surface area is 399 Å². The number of fused-ring (bicyclic) bond motifs is 11. The smallest absolute Gasteiger partial charge is 0.282 e. The van der Waals surface area contributed by atoms with Crippen molar-refractivity contribution in [3.63, 3.8) is 0 Å². The maximum absolute atomic E-state index is 13.2. The van der Waals surface area contributed by atoms with Crippen molar-refractivity contribution in [2.45, 2.75) is 113 Å². The SMILES string of the molecule is CN1CCC2(CC1)COc1c2ccc2c1CN(C)C2=O.CNC(=O)CCCC=O.O=CCCN1CC(N2CCC(c3ccc4c(c3)-n3c(nc(=O)c5c(Cl)cccc53)C43CCCCC3)CC2)C1. The van der Waals surface area contributed by atoms with Gasteiger partial charge in [0.15, 0.2) is 0 Å². The lowest BCUT2D eigenvalue weighted by Gasteiger charge is -2.47. The van der Waals surface area contributed by atoms with Gasteiger partial charge in [0.05, 0.1) is 40.2 Å². The highest BCUT2D eigenvalue weighted by atomic mass is 35.5. The predicted octanol–water partition coefficient (Wildman–Crippen LogP) is 6.78. The van der Waals surface area contributed by atoms with Crippen molar-refractivity contribution in [3.8, 4) is 11.4 Å². The van der Waals surface area contributed by atoms with Crippen molar-refractivity contribution >= 4 is 46.9 Å². The third-order valence-electron chi connectivity index (χ3n) is 16.0. The van der Waals surface area contributed by atoms with Gasteiger partial charge in [-0.05, 0) is 119 Å². The van der Waals surface area contributed by atoms with Gasteiger partial charge in [-0.15, -0.1) is 0 Å². The Balaban J connectivity index is 0.000000161. The van der Waals surface area contributed by atoms with E-state index in [4.69, 9.17) is 21.3 Å². The number of carbonyl (C=O) groups excluding carboxylic acids is 4. The molecule has 14 heteroatoms. The maximum Gasteiger partial charge on any atom is 0.282 e. The Morgan fingerprint density at radius 3 is 2.36 bits per heavy atom. The second-order valence-electron chi connectivity index (χ2n) is 20.0. The molecule has 0 radical (unpaired) electrons. The Hall–Kier alpha value is -4.95. The molecule has 11 rings (SSSR count). The van der Waals surface area contributed by atoms with Crippen LogP contribution in [0.4, 0.5) is 0 Å². The van der Waals surface area contributed by atoms with E-state index in [1.807, 2.05) is 25.2 Å². The van der Waals surface area contributed by atoms with E-state index in [9.17, 15) is 24.0 Å². The largest absolute Gasteiger partial charge is 0.492 e. The minimum absolute atomic E-state index is 0.00292. The Morgan fingerprint density at radius 2 is 1.64 bits per heavy atom. The van der Waals surface area contributed by atoms with Crippen molar-refractivity contribution in [1.29, 1.82) is 0 Å². The van der Waals surface area contributed by atoms with Gasteiger partial charge in [-0.1, -0.05) is 55.1 Å². The van der Waals surface area contributed by atoms with E-state index in [2.05, 4.69) is 55.9 Å². The lowest BCUT2D eigenvalue weighted by atomic mass is 9.69. The second kappa shape index (κ2) is 19.9. The van der Waals surface area contributed by atoms with E-state index in [0.29, 0.717) is 54.6 Å². The van der Waals surface area contributed by atoms with E-state index in [1.165, 1.54) is 28.8 Å². The Bertz CT molecular complexity index is 2570. The van der Waals surface area contributed by atoms with Crippen LogP contribution in [0.5, 0.6) is 5.75 Å². The Morgan fingerprint density at radius 1 is 0.910 bits per heavy atom. The average Bonchev–Trinajstić information content (AvgIpc) is 3.93. The first-order chi connectivity index (χ1) is 32.5. The summed E-state index contributed by atoms with van der Waals surface area (Å²) in [6, 6.07) is 17.7. The van der Waals surface area contributed by atoms with Gasteiger partial charge < -0.3 is 29.4 Å². The number of aldehydes is 2. The van der Waals surface area contributed by atoms with Crippen molar-refractivity contribution < 1.29 is 23.9 Å². The van der Waals surface area contributed by atoms with Crippen molar-refractivity contribution in [2.24, 2.45) is 0 Å². The van der Waals surface area contributed by atoms with Crippen LogP contribution in [-0.2, 0) is 31.8 Å². The number of hydrogen-bond donors (Lipinski definition) is 1. The fraction of sp³-hybridized carbons (Fsp3) is 0.547.